The van der Waals surface area contributed by atoms with Gasteiger partial charge in [-0.2, -0.15) is 0 Å². The second-order valence-corrected chi connectivity index (χ2v) is 7.32. The highest BCUT2D eigenvalue weighted by molar-refractivity contribution is 5.87. The van der Waals surface area contributed by atoms with Crippen molar-refractivity contribution in [2.75, 3.05) is 33.2 Å². The number of nitrogens with one attached hydrogen (secondary N) is 1. The Kier molecular flexibility index (Phi) is 4.62. The highest BCUT2D eigenvalue weighted by atomic mass is 16.1. The molecule has 0 unspecified atom stereocenters. The number of nitrogens with zero attached hydrogens (tertiary/aromatic N) is 2. The Balaban J connectivity index is 1.58. The Morgan fingerprint density at radius 2 is 1.69 bits per heavy atom. The molecule has 1 aromatic heterocycles. The third kappa shape index (κ3) is 3.43. The summed E-state index contributed by atoms with van der Waals surface area (Å²) < 4.78 is 0. The van der Waals surface area contributed by atoms with Crippen molar-refractivity contribution < 1.29 is 0 Å². The molecule has 0 radical (unpaired) electrons. The summed E-state index contributed by atoms with van der Waals surface area (Å²) in [6, 6.07) is 16.5. The minimum atomic E-state index is -0.0253. The van der Waals surface area contributed by atoms with Crippen LogP contribution in [0.4, 0.5) is 0 Å². The van der Waals surface area contributed by atoms with Crippen LogP contribution in [-0.4, -0.2) is 48.0 Å². The van der Waals surface area contributed by atoms with Gasteiger partial charge in [-0.1, -0.05) is 36.4 Å². The number of rotatable bonds is 3. The summed E-state index contributed by atoms with van der Waals surface area (Å²) in [5, 5.41) is 1.77. The second-order valence-electron chi connectivity index (χ2n) is 7.32. The molecule has 1 N–H and O–H groups in total. The number of pyridine rings is 1. The van der Waals surface area contributed by atoms with E-state index < -0.39 is 0 Å². The molecule has 4 nitrogen and oxygen atoms in total. The smallest absolute Gasteiger partial charge is 0.256 e. The first-order valence-corrected chi connectivity index (χ1v) is 9.23. The van der Waals surface area contributed by atoms with Crippen LogP contribution in [0.25, 0.3) is 22.0 Å². The van der Waals surface area contributed by atoms with Crippen LogP contribution in [-0.2, 0) is 6.54 Å². The lowest BCUT2D eigenvalue weighted by atomic mass is 10.0. The van der Waals surface area contributed by atoms with Crippen molar-refractivity contribution in [2.24, 2.45) is 0 Å². The molecule has 26 heavy (non-hydrogen) atoms. The summed E-state index contributed by atoms with van der Waals surface area (Å²) in [4.78, 5) is 20.3. The van der Waals surface area contributed by atoms with Crippen LogP contribution in [0.1, 0.15) is 11.1 Å². The first-order valence-electron chi connectivity index (χ1n) is 9.23. The molecule has 1 aliphatic heterocycles. The van der Waals surface area contributed by atoms with Crippen LogP contribution < -0.4 is 5.56 Å². The van der Waals surface area contributed by atoms with Gasteiger partial charge >= 0.3 is 0 Å². The van der Waals surface area contributed by atoms with E-state index in [-0.39, 0.29) is 5.56 Å². The van der Waals surface area contributed by atoms with E-state index in [1.807, 2.05) is 25.1 Å². The van der Waals surface area contributed by atoms with Gasteiger partial charge in [0.15, 0.2) is 0 Å². The minimum Gasteiger partial charge on any atom is -0.321 e. The van der Waals surface area contributed by atoms with Crippen LogP contribution >= 0.6 is 0 Å². The maximum Gasteiger partial charge on any atom is 0.256 e. The molecule has 134 valence electrons. The molecule has 0 bridgehead atoms. The lowest BCUT2D eigenvalue weighted by molar-refractivity contribution is 0.148. The molecule has 0 spiro atoms. The standard InChI is InChI=1S/C22H25N3O/c1-16-4-3-5-19-20(16)14-21(23-22(19)26)18-8-6-17(7-9-18)15-25-12-10-24(2)11-13-25/h3-9,14H,10-13,15H2,1-2H3,(H,23,26). The maximum absolute atomic E-state index is 12.4. The van der Waals surface area contributed by atoms with E-state index in [0.717, 1.165) is 60.3 Å². The highest BCUT2D eigenvalue weighted by Crippen LogP contribution is 2.23. The van der Waals surface area contributed by atoms with E-state index in [0.29, 0.717) is 0 Å². The average molecular weight is 347 g/mol. The minimum absolute atomic E-state index is 0.0253. The SMILES string of the molecule is Cc1cccc2c(=O)[nH]c(-c3ccc(CN4CCN(C)CC4)cc3)cc12. The van der Waals surface area contributed by atoms with E-state index in [2.05, 4.69) is 52.2 Å². The van der Waals surface area contributed by atoms with Crippen molar-refractivity contribution in [1.29, 1.82) is 0 Å². The van der Waals surface area contributed by atoms with Gasteiger partial charge in [0.05, 0.1) is 0 Å². The molecule has 1 fully saturated rings. The van der Waals surface area contributed by atoms with Crippen LogP contribution in [0.3, 0.4) is 0 Å². The Morgan fingerprint density at radius 1 is 0.962 bits per heavy atom. The predicted octanol–water partition coefficient (Wildman–Crippen LogP) is 3.25. The zero-order chi connectivity index (χ0) is 18.1. The molecule has 1 aliphatic rings. The first kappa shape index (κ1) is 17.0. The predicted molar refractivity (Wildman–Crippen MR) is 108 cm³/mol. The van der Waals surface area contributed by atoms with Gasteiger partial charge in [0.1, 0.15) is 0 Å². The fraction of sp³-hybridized carbons (Fsp3) is 0.318. The monoisotopic (exact) mass is 347 g/mol. The lowest BCUT2D eigenvalue weighted by Gasteiger charge is -2.32. The normalized spacial score (nSPS) is 16.2. The molecule has 2 heterocycles. The Hall–Kier alpha value is -2.43. The van der Waals surface area contributed by atoms with Crippen molar-refractivity contribution in [3.05, 3.63) is 70.0 Å². The Morgan fingerprint density at radius 3 is 2.42 bits per heavy atom. The fourth-order valence-corrected chi connectivity index (χ4v) is 3.65. The van der Waals surface area contributed by atoms with Gasteiger partial charge in [0.2, 0.25) is 0 Å². The summed E-state index contributed by atoms with van der Waals surface area (Å²) >= 11 is 0. The molecule has 1 saturated heterocycles. The third-order valence-corrected chi connectivity index (χ3v) is 5.37. The molecule has 2 aromatic carbocycles. The number of likely N-dealkylation sites (N-methyl/N-ethyl adjacent to an activating group) is 1. The van der Waals surface area contributed by atoms with Crippen molar-refractivity contribution in [3.63, 3.8) is 0 Å². The molecule has 0 saturated carbocycles. The van der Waals surface area contributed by atoms with Gasteiger partial charge in [-0.15, -0.1) is 0 Å². The number of fused-ring (bicyclic) bond motifs is 1. The molecule has 0 amide bonds. The van der Waals surface area contributed by atoms with Gasteiger partial charge in [0, 0.05) is 43.8 Å². The van der Waals surface area contributed by atoms with Crippen LogP contribution in [0, 0.1) is 6.92 Å². The van der Waals surface area contributed by atoms with Gasteiger partial charge in [-0.3, -0.25) is 9.69 Å². The van der Waals surface area contributed by atoms with Crippen LogP contribution in [0.5, 0.6) is 0 Å². The van der Waals surface area contributed by atoms with Crippen LogP contribution in [0.2, 0.25) is 0 Å². The Labute approximate surface area is 154 Å². The summed E-state index contributed by atoms with van der Waals surface area (Å²) in [5.74, 6) is 0. The van der Waals surface area contributed by atoms with Gasteiger partial charge < -0.3 is 9.88 Å². The van der Waals surface area contributed by atoms with Crippen molar-refractivity contribution in [1.82, 2.24) is 14.8 Å². The van der Waals surface area contributed by atoms with E-state index >= 15 is 0 Å². The average Bonchev–Trinajstić information content (AvgIpc) is 2.65. The van der Waals surface area contributed by atoms with Crippen LogP contribution in [0.15, 0.2) is 53.3 Å². The maximum atomic E-state index is 12.4. The summed E-state index contributed by atoms with van der Waals surface area (Å²) in [5.41, 5.74) is 4.35. The number of aryl methyl sites for hydroxylation is 1. The third-order valence-electron chi connectivity index (χ3n) is 5.37. The number of hydrogen-bond donors (Lipinski definition) is 1. The number of piperazine rings is 1. The number of aromatic nitrogens is 1. The lowest BCUT2D eigenvalue weighted by Crippen LogP contribution is -2.43. The van der Waals surface area contributed by atoms with Gasteiger partial charge in [-0.25, -0.2) is 0 Å². The molecule has 4 heteroatoms. The molecule has 3 aromatic rings. The van der Waals surface area contributed by atoms with Gasteiger partial charge in [-0.05, 0) is 48.2 Å². The first-order chi connectivity index (χ1) is 12.6. The van der Waals surface area contributed by atoms with E-state index in [1.54, 1.807) is 0 Å². The van der Waals surface area contributed by atoms with E-state index in [1.165, 1.54) is 5.56 Å². The zero-order valence-corrected chi connectivity index (χ0v) is 15.5. The molecule has 0 aliphatic carbocycles. The largest absolute Gasteiger partial charge is 0.321 e. The highest BCUT2D eigenvalue weighted by Gasteiger charge is 2.14. The zero-order valence-electron chi connectivity index (χ0n) is 15.5. The number of aromatic amines is 1. The van der Waals surface area contributed by atoms with Crippen molar-refractivity contribution >= 4 is 10.8 Å². The molecular weight excluding hydrogens is 322 g/mol. The summed E-state index contributed by atoms with van der Waals surface area (Å²) in [6.07, 6.45) is 0. The summed E-state index contributed by atoms with van der Waals surface area (Å²) in [6.45, 7) is 7.54. The van der Waals surface area contributed by atoms with Gasteiger partial charge in [0.25, 0.3) is 5.56 Å². The number of hydrogen-bond acceptors (Lipinski definition) is 3. The van der Waals surface area contributed by atoms with Crippen molar-refractivity contribution in [2.45, 2.75) is 13.5 Å². The van der Waals surface area contributed by atoms with E-state index in [4.69, 9.17) is 0 Å². The quantitative estimate of drug-likeness (QED) is 0.790. The van der Waals surface area contributed by atoms with Crippen molar-refractivity contribution in [3.8, 4) is 11.3 Å². The fourth-order valence-electron chi connectivity index (χ4n) is 3.65. The Bertz CT molecular complexity index is 967. The second kappa shape index (κ2) is 7.06. The topological polar surface area (TPSA) is 39.3 Å². The molecular formula is C22H25N3O. The number of benzene rings is 2. The number of H-pyrrole nitrogens is 1. The molecule has 0 atom stereocenters. The molecule has 4 rings (SSSR count). The van der Waals surface area contributed by atoms with E-state index in [9.17, 15) is 4.79 Å². The summed E-state index contributed by atoms with van der Waals surface area (Å²) in [7, 11) is 2.18.